The van der Waals surface area contributed by atoms with Crippen molar-refractivity contribution in [3.63, 3.8) is 0 Å². The van der Waals surface area contributed by atoms with Gasteiger partial charge in [0, 0.05) is 43.1 Å². The number of urea groups is 1. The van der Waals surface area contributed by atoms with E-state index in [0.29, 0.717) is 23.5 Å². The fourth-order valence-corrected chi connectivity index (χ4v) is 3.59. The zero-order valence-corrected chi connectivity index (χ0v) is 17.6. The second-order valence-electron chi connectivity index (χ2n) is 7.65. The van der Waals surface area contributed by atoms with Gasteiger partial charge in [0.25, 0.3) is 5.91 Å². The lowest BCUT2D eigenvalue weighted by atomic mass is 10.2. The van der Waals surface area contributed by atoms with Gasteiger partial charge in [-0.2, -0.15) is 0 Å². The number of carbonyl (C=O) groups excluding carboxylic acids is 2. The molecule has 7 nitrogen and oxygen atoms in total. The number of anilines is 2. The summed E-state index contributed by atoms with van der Waals surface area (Å²) in [5.41, 5.74) is 1.90. The second-order valence-corrected chi connectivity index (χ2v) is 7.65. The molecule has 0 saturated carbocycles. The Balaban J connectivity index is 1.38. The number of nitrogens with zero attached hydrogens (tertiary/aromatic N) is 1. The predicted molar refractivity (Wildman–Crippen MR) is 119 cm³/mol. The van der Waals surface area contributed by atoms with E-state index in [2.05, 4.69) is 34.7 Å². The third kappa shape index (κ3) is 6.86. The predicted octanol–water partition coefficient (Wildman–Crippen LogP) is 3.56. The largest absolute Gasteiger partial charge is 0.373 e. The molecule has 7 heteroatoms. The van der Waals surface area contributed by atoms with Crippen LogP contribution in [0, 0.1) is 0 Å². The molecule has 1 saturated heterocycles. The Labute approximate surface area is 177 Å². The molecule has 1 fully saturated rings. The number of nitrogens with one attached hydrogen (secondary N) is 3. The molecule has 1 heterocycles. The molecule has 2 aromatic carbocycles. The van der Waals surface area contributed by atoms with Gasteiger partial charge in [-0.3, -0.25) is 9.69 Å². The highest BCUT2D eigenvalue weighted by atomic mass is 16.5. The van der Waals surface area contributed by atoms with Crippen molar-refractivity contribution < 1.29 is 14.3 Å². The lowest BCUT2D eigenvalue weighted by molar-refractivity contribution is -0.0680. The highest BCUT2D eigenvalue weighted by molar-refractivity contribution is 6.00. The van der Waals surface area contributed by atoms with Crippen molar-refractivity contribution >= 4 is 23.3 Å². The van der Waals surface area contributed by atoms with Crippen LogP contribution >= 0.6 is 0 Å². The molecule has 160 valence electrons. The molecular weight excluding hydrogens is 380 g/mol. The summed E-state index contributed by atoms with van der Waals surface area (Å²) in [6.45, 7) is 7.62. The normalized spacial score (nSPS) is 19.1. The zero-order chi connectivity index (χ0) is 21.3. The van der Waals surface area contributed by atoms with Crippen molar-refractivity contribution in [3.8, 4) is 0 Å². The maximum absolute atomic E-state index is 12.3. The van der Waals surface area contributed by atoms with Gasteiger partial charge in [0.05, 0.1) is 12.2 Å². The topological polar surface area (TPSA) is 82.7 Å². The van der Waals surface area contributed by atoms with E-state index in [-0.39, 0.29) is 24.1 Å². The Morgan fingerprint density at radius 1 is 0.933 bits per heavy atom. The van der Waals surface area contributed by atoms with Crippen molar-refractivity contribution in [1.29, 1.82) is 0 Å². The highest BCUT2D eigenvalue weighted by Crippen LogP contribution is 2.12. The molecule has 0 radical (unpaired) electrons. The van der Waals surface area contributed by atoms with Crippen LogP contribution in [0.5, 0.6) is 0 Å². The SMILES string of the molecule is CC1CN(CCCNC(=O)c2ccc(NC(=O)Nc3ccccc3)cc2)CC(C)O1. The summed E-state index contributed by atoms with van der Waals surface area (Å²) in [5, 5.41) is 8.47. The first-order valence-corrected chi connectivity index (χ1v) is 10.4. The third-order valence-corrected chi connectivity index (χ3v) is 4.87. The van der Waals surface area contributed by atoms with Gasteiger partial charge in [0.15, 0.2) is 0 Å². The van der Waals surface area contributed by atoms with Crippen LogP contribution in [0.25, 0.3) is 0 Å². The van der Waals surface area contributed by atoms with Crippen molar-refractivity contribution in [2.75, 3.05) is 36.8 Å². The first-order chi connectivity index (χ1) is 14.5. The molecule has 0 bridgehead atoms. The highest BCUT2D eigenvalue weighted by Gasteiger charge is 2.21. The number of carbonyl (C=O) groups is 2. The minimum absolute atomic E-state index is 0.112. The second kappa shape index (κ2) is 10.8. The van der Waals surface area contributed by atoms with E-state index in [1.165, 1.54) is 0 Å². The first kappa shape index (κ1) is 21.8. The number of ether oxygens (including phenoxy) is 1. The number of para-hydroxylation sites is 1. The summed E-state index contributed by atoms with van der Waals surface area (Å²) >= 11 is 0. The molecule has 3 rings (SSSR count). The van der Waals surface area contributed by atoms with Gasteiger partial charge >= 0.3 is 6.03 Å². The number of rotatable bonds is 7. The maximum atomic E-state index is 12.3. The van der Waals surface area contributed by atoms with E-state index >= 15 is 0 Å². The zero-order valence-electron chi connectivity index (χ0n) is 17.6. The molecular formula is C23H30N4O3. The van der Waals surface area contributed by atoms with Crippen LogP contribution in [0.1, 0.15) is 30.6 Å². The molecule has 3 amide bonds. The van der Waals surface area contributed by atoms with Crippen LogP contribution < -0.4 is 16.0 Å². The number of hydrogen-bond acceptors (Lipinski definition) is 4. The number of amides is 3. The van der Waals surface area contributed by atoms with Crippen molar-refractivity contribution in [2.45, 2.75) is 32.5 Å². The smallest absolute Gasteiger partial charge is 0.323 e. The standard InChI is InChI=1S/C23H30N4O3/c1-17-15-27(16-18(2)30-17)14-6-13-24-22(28)19-9-11-21(12-10-19)26-23(29)25-20-7-4-3-5-8-20/h3-5,7-12,17-18H,6,13-16H2,1-2H3,(H,24,28)(H2,25,26,29). The maximum Gasteiger partial charge on any atom is 0.323 e. The quantitative estimate of drug-likeness (QED) is 0.610. The molecule has 30 heavy (non-hydrogen) atoms. The first-order valence-electron chi connectivity index (χ1n) is 10.4. The summed E-state index contributed by atoms with van der Waals surface area (Å²) in [7, 11) is 0. The average molecular weight is 411 g/mol. The summed E-state index contributed by atoms with van der Waals surface area (Å²) in [6.07, 6.45) is 1.40. The number of morpholine rings is 1. The van der Waals surface area contributed by atoms with Gasteiger partial charge in [-0.25, -0.2) is 4.79 Å². The van der Waals surface area contributed by atoms with Crippen LogP contribution in [-0.2, 0) is 4.74 Å². The average Bonchev–Trinajstić information content (AvgIpc) is 2.71. The lowest BCUT2D eigenvalue weighted by Gasteiger charge is -2.35. The van der Waals surface area contributed by atoms with E-state index in [0.717, 1.165) is 26.1 Å². The van der Waals surface area contributed by atoms with Gasteiger partial charge in [0.2, 0.25) is 0 Å². The van der Waals surface area contributed by atoms with Crippen LogP contribution in [-0.4, -0.2) is 55.2 Å². The van der Waals surface area contributed by atoms with E-state index in [9.17, 15) is 9.59 Å². The minimum Gasteiger partial charge on any atom is -0.373 e. The van der Waals surface area contributed by atoms with Gasteiger partial charge in [-0.15, -0.1) is 0 Å². The van der Waals surface area contributed by atoms with Crippen LogP contribution in [0.3, 0.4) is 0 Å². The van der Waals surface area contributed by atoms with Gasteiger partial charge in [-0.1, -0.05) is 18.2 Å². The van der Waals surface area contributed by atoms with E-state index in [1.807, 2.05) is 30.3 Å². The summed E-state index contributed by atoms with van der Waals surface area (Å²) in [4.78, 5) is 26.7. The van der Waals surface area contributed by atoms with Crippen molar-refractivity contribution in [2.24, 2.45) is 0 Å². The Morgan fingerprint density at radius 3 is 2.17 bits per heavy atom. The summed E-state index contributed by atoms with van der Waals surface area (Å²) in [5.74, 6) is -0.112. The van der Waals surface area contributed by atoms with Crippen LogP contribution in [0.2, 0.25) is 0 Å². The van der Waals surface area contributed by atoms with Crippen LogP contribution in [0.4, 0.5) is 16.2 Å². The van der Waals surface area contributed by atoms with Gasteiger partial charge in [0.1, 0.15) is 0 Å². The molecule has 1 aliphatic rings. The van der Waals surface area contributed by atoms with E-state index in [1.54, 1.807) is 24.3 Å². The number of hydrogen-bond donors (Lipinski definition) is 3. The monoisotopic (exact) mass is 410 g/mol. The Bertz CT molecular complexity index is 816. The molecule has 2 aromatic rings. The fraction of sp³-hybridized carbons (Fsp3) is 0.391. The minimum atomic E-state index is -0.329. The summed E-state index contributed by atoms with van der Waals surface area (Å²) < 4.78 is 5.74. The number of benzene rings is 2. The van der Waals surface area contributed by atoms with E-state index < -0.39 is 0 Å². The Kier molecular flexibility index (Phi) is 7.82. The molecule has 1 aliphatic heterocycles. The van der Waals surface area contributed by atoms with Crippen molar-refractivity contribution in [1.82, 2.24) is 10.2 Å². The Hall–Kier alpha value is -2.90. The van der Waals surface area contributed by atoms with Crippen LogP contribution in [0.15, 0.2) is 54.6 Å². The Morgan fingerprint density at radius 2 is 1.53 bits per heavy atom. The summed E-state index contributed by atoms with van der Waals surface area (Å²) in [6, 6.07) is 15.7. The molecule has 2 atom stereocenters. The molecule has 2 unspecified atom stereocenters. The lowest BCUT2D eigenvalue weighted by Crippen LogP contribution is -2.46. The third-order valence-electron chi connectivity index (χ3n) is 4.87. The molecule has 0 aromatic heterocycles. The fourth-order valence-electron chi connectivity index (χ4n) is 3.59. The molecule has 0 aliphatic carbocycles. The molecule has 0 spiro atoms. The van der Waals surface area contributed by atoms with Gasteiger partial charge in [-0.05, 0) is 56.7 Å². The van der Waals surface area contributed by atoms with Gasteiger partial charge < -0.3 is 20.7 Å². The molecule has 3 N–H and O–H groups in total. The van der Waals surface area contributed by atoms with Crippen molar-refractivity contribution in [3.05, 3.63) is 60.2 Å². The van der Waals surface area contributed by atoms with E-state index in [4.69, 9.17) is 4.74 Å².